The predicted octanol–water partition coefficient (Wildman–Crippen LogP) is 2.25. The van der Waals surface area contributed by atoms with Crippen LogP contribution in [0.2, 0.25) is 0 Å². The summed E-state index contributed by atoms with van der Waals surface area (Å²) in [5.74, 6) is 6.72. The van der Waals surface area contributed by atoms with Gasteiger partial charge >= 0.3 is 0 Å². The Morgan fingerprint density at radius 2 is 2.39 bits per heavy atom. The van der Waals surface area contributed by atoms with Gasteiger partial charge in [0.15, 0.2) is 4.34 Å². The Morgan fingerprint density at radius 3 is 3.00 bits per heavy atom. The Labute approximate surface area is 113 Å². The van der Waals surface area contributed by atoms with Crippen molar-refractivity contribution < 1.29 is 9.21 Å². The number of hydrogen-bond donors (Lipinski definition) is 2. The Balaban J connectivity index is 2.04. The molecule has 96 valence electrons. The molecule has 5 nitrogen and oxygen atoms in total. The molecule has 0 unspecified atom stereocenters. The van der Waals surface area contributed by atoms with Crippen LogP contribution >= 0.6 is 23.1 Å². The molecule has 2 rings (SSSR count). The van der Waals surface area contributed by atoms with E-state index < -0.39 is 0 Å². The van der Waals surface area contributed by atoms with E-state index in [9.17, 15) is 4.79 Å². The second-order valence-corrected chi connectivity index (χ2v) is 5.78. The summed E-state index contributed by atoms with van der Waals surface area (Å²) in [7, 11) is 0. The minimum absolute atomic E-state index is 0.336. The highest BCUT2D eigenvalue weighted by atomic mass is 32.2. The molecule has 0 aromatic carbocycles. The van der Waals surface area contributed by atoms with Gasteiger partial charge < -0.3 is 4.42 Å². The van der Waals surface area contributed by atoms with Crippen molar-refractivity contribution in [1.29, 1.82) is 0 Å². The van der Waals surface area contributed by atoms with E-state index in [2.05, 4.69) is 10.4 Å². The normalized spacial score (nSPS) is 10.6. The van der Waals surface area contributed by atoms with Gasteiger partial charge in [0, 0.05) is 11.1 Å². The lowest BCUT2D eigenvalue weighted by molar-refractivity contribution is 0.0952. The van der Waals surface area contributed by atoms with Gasteiger partial charge in [0.25, 0.3) is 5.91 Å². The first kappa shape index (κ1) is 13.1. The van der Waals surface area contributed by atoms with E-state index in [0.717, 1.165) is 15.8 Å². The first-order valence-corrected chi connectivity index (χ1v) is 7.12. The molecule has 0 saturated heterocycles. The van der Waals surface area contributed by atoms with Crippen LogP contribution in [0.25, 0.3) is 0 Å². The second kappa shape index (κ2) is 5.55. The smallest absolute Gasteiger partial charge is 0.268 e. The molecule has 0 aliphatic carbocycles. The molecule has 2 aromatic heterocycles. The summed E-state index contributed by atoms with van der Waals surface area (Å²) in [6.45, 7) is 3.70. The zero-order valence-corrected chi connectivity index (χ0v) is 11.7. The van der Waals surface area contributed by atoms with Gasteiger partial charge in [0.05, 0.1) is 11.3 Å². The fourth-order valence-electron chi connectivity index (χ4n) is 1.45. The molecule has 0 aliphatic heterocycles. The van der Waals surface area contributed by atoms with Crippen molar-refractivity contribution >= 4 is 29.0 Å². The highest BCUT2D eigenvalue weighted by molar-refractivity contribution is 8.00. The molecular formula is C11H13N3O2S2. The van der Waals surface area contributed by atoms with Crippen molar-refractivity contribution in [3.05, 3.63) is 34.2 Å². The second-order valence-electron chi connectivity index (χ2n) is 3.70. The number of hydrazine groups is 1. The third-order valence-corrected chi connectivity index (χ3v) is 4.44. The Hall–Kier alpha value is -1.31. The van der Waals surface area contributed by atoms with Crippen molar-refractivity contribution in [1.82, 2.24) is 10.4 Å². The van der Waals surface area contributed by atoms with Gasteiger partial charge in [-0.1, -0.05) is 11.8 Å². The number of thiazole rings is 1. The third kappa shape index (κ3) is 2.92. The summed E-state index contributed by atoms with van der Waals surface area (Å²) in [4.78, 5) is 15.8. The summed E-state index contributed by atoms with van der Waals surface area (Å²) in [5, 5.41) is 2.00. The molecule has 0 atom stereocenters. The van der Waals surface area contributed by atoms with Gasteiger partial charge in [-0.15, -0.1) is 11.3 Å². The van der Waals surface area contributed by atoms with Gasteiger partial charge in [-0.05, 0) is 19.9 Å². The van der Waals surface area contributed by atoms with Crippen LogP contribution < -0.4 is 11.3 Å². The van der Waals surface area contributed by atoms with Crippen molar-refractivity contribution in [3.63, 3.8) is 0 Å². The van der Waals surface area contributed by atoms with Crippen LogP contribution in [0.3, 0.4) is 0 Å². The Morgan fingerprint density at radius 1 is 1.61 bits per heavy atom. The van der Waals surface area contributed by atoms with Crippen molar-refractivity contribution in [3.8, 4) is 0 Å². The average molecular weight is 283 g/mol. The van der Waals surface area contributed by atoms with Gasteiger partial charge in [-0.3, -0.25) is 10.2 Å². The zero-order chi connectivity index (χ0) is 13.1. The third-order valence-electron chi connectivity index (χ3n) is 2.28. The number of nitrogens with two attached hydrogens (primary N) is 1. The lowest BCUT2D eigenvalue weighted by Gasteiger charge is -1.93. The number of nitrogens with zero attached hydrogens (tertiary/aromatic N) is 1. The first-order valence-electron chi connectivity index (χ1n) is 5.25. The molecule has 18 heavy (non-hydrogen) atoms. The van der Waals surface area contributed by atoms with Crippen LogP contribution in [0.15, 0.2) is 20.2 Å². The van der Waals surface area contributed by atoms with Crippen LogP contribution in [-0.4, -0.2) is 10.9 Å². The van der Waals surface area contributed by atoms with Crippen LogP contribution in [0, 0.1) is 13.8 Å². The van der Waals surface area contributed by atoms with Crippen LogP contribution in [0.1, 0.15) is 27.6 Å². The molecule has 0 radical (unpaired) electrons. The molecule has 7 heteroatoms. The van der Waals surface area contributed by atoms with E-state index in [0.29, 0.717) is 17.1 Å². The van der Waals surface area contributed by atoms with Gasteiger partial charge in [-0.25, -0.2) is 10.8 Å². The number of amides is 1. The number of aryl methyl sites for hydroxylation is 2. The molecule has 0 bridgehead atoms. The minimum Gasteiger partial charge on any atom is -0.465 e. The SMILES string of the molecule is Cc1csc(SCc2cc(C(=O)NN)c(C)o2)n1. The number of nitrogens with one attached hydrogen (secondary N) is 1. The zero-order valence-electron chi connectivity index (χ0n) is 10.0. The van der Waals surface area contributed by atoms with Gasteiger partial charge in [-0.2, -0.15) is 0 Å². The van der Waals surface area contributed by atoms with Crippen LogP contribution in [-0.2, 0) is 5.75 Å². The first-order chi connectivity index (χ1) is 8.60. The molecule has 1 amide bonds. The fourth-order valence-corrected chi connectivity index (χ4v) is 3.18. The quantitative estimate of drug-likeness (QED) is 0.389. The summed E-state index contributed by atoms with van der Waals surface area (Å²) >= 11 is 3.19. The van der Waals surface area contributed by atoms with Crippen LogP contribution in [0.4, 0.5) is 0 Å². The maximum atomic E-state index is 11.4. The number of thioether (sulfide) groups is 1. The van der Waals surface area contributed by atoms with E-state index >= 15 is 0 Å². The molecule has 0 saturated carbocycles. The number of carbonyl (C=O) groups is 1. The Kier molecular flexibility index (Phi) is 4.05. The standard InChI is InChI=1S/C11H13N3O2S2/c1-6-4-17-11(13-6)18-5-8-3-9(7(2)16-8)10(15)14-12/h3-4H,5,12H2,1-2H3,(H,14,15). The minimum atomic E-state index is -0.336. The summed E-state index contributed by atoms with van der Waals surface area (Å²) in [5.41, 5.74) is 3.59. The molecule has 2 heterocycles. The number of carbonyl (C=O) groups excluding carboxylic acids is 1. The van der Waals surface area contributed by atoms with E-state index in [1.165, 1.54) is 0 Å². The number of rotatable bonds is 4. The molecule has 0 spiro atoms. The molecule has 0 aliphatic rings. The van der Waals surface area contributed by atoms with E-state index in [-0.39, 0.29) is 5.91 Å². The highest BCUT2D eigenvalue weighted by Gasteiger charge is 2.14. The van der Waals surface area contributed by atoms with E-state index in [1.54, 1.807) is 36.1 Å². The highest BCUT2D eigenvalue weighted by Crippen LogP contribution is 2.27. The number of nitrogen functional groups attached to an aromatic ring is 1. The average Bonchev–Trinajstić information content (AvgIpc) is 2.92. The maximum absolute atomic E-state index is 11.4. The lowest BCUT2D eigenvalue weighted by Crippen LogP contribution is -2.30. The monoisotopic (exact) mass is 283 g/mol. The van der Waals surface area contributed by atoms with E-state index in [1.807, 2.05) is 12.3 Å². The topological polar surface area (TPSA) is 81.2 Å². The predicted molar refractivity (Wildman–Crippen MR) is 71.5 cm³/mol. The summed E-state index contributed by atoms with van der Waals surface area (Å²) < 4.78 is 6.50. The van der Waals surface area contributed by atoms with Crippen molar-refractivity contribution in [2.75, 3.05) is 0 Å². The Bertz CT molecular complexity index is 562. The molecule has 3 N–H and O–H groups in total. The van der Waals surface area contributed by atoms with Crippen molar-refractivity contribution in [2.45, 2.75) is 23.9 Å². The van der Waals surface area contributed by atoms with Gasteiger partial charge in [0.1, 0.15) is 11.5 Å². The lowest BCUT2D eigenvalue weighted by atomic mass is 10.2. The molecule has 0 fully saturated rings. The largest absolute Gasteiger partial charge is 0.465 e. The number of furan rings is 1. The number of hydrogen-bond acceptors (Lipinski definition) is 6. The van der Waals surface area contributed by atoms with Gasteiger partial charge in [0.2, 0.25) is 0 Å². The maximum Gasteiger partial charge on any atom is 0.268 e. The number of aromatic nitrogens is 1. The van der Waals surface area contributed by atoms with Crippen molar-refractivity contribution in [2.24, 2.45) is 5.84 Å². The fraction of sp³-hybridized carbons (Fsp3) is 0.273. The van der Waals surface area contributed by atoms with Crippen LogP contribution in [0.5, 0.6) is 0 Å². The molecular weight excluding hydrogens is 270 g/mol. The summed E-state index contributed by atoms with van der Waals surface area (Å²) in [6, 6.07) is 1.71. The van der Waals surface area contributed by atoms with E-state index in [4.69, 9.17) is 10.3 Å². The molecule has 2 aromatic rings. The summed E-state index contributed by atoms with van der Waals surface area (Å²) in [6.07, 6.45) is 0.